The van der Waals surface area contributed by atoms with Crippen molar-refractivity contribution in [2.75, 3.05) is 20.2 Å². The van der Waals surface area contributed by atoms with Crippen LogP contribution in [0.4, 0.5) is 0 Å². The van der Waals surface area contributed by atoms with Gasteiger partial charge in [-0.2, -0.15) is 0 Å². The number of likely N-dealkylation sites (tertiary alicyclic amines) is 1. The molecule has 3 aromatic rings. The van der Waals surface area contributed by atoms with Gasteiger partial charge in [-0.25, -0.2) is 9.97 Å². The van der Waals surface area contributed by atoms with E-state index in [1.165, 1.54) is 7.11 Å². The van der Waals surface area contributed by atoms with Gasteiger partial charge in [-0.1, -0.05) is 30.3 Å². The average Bonchev–Trinajstić information content (AvgIpc) is 3.35. The summed E-state index contributed by atoms with van der Waals surface area (Å²) in [7, 11) is 1.37. The summed E-state index contributed by atoms with van der Waals surface area (Å²) in [5.74, 6) is -0.646. The summed E-state index contributed by atoms with van der Waals surface area (Å²) in [4.78, 5) is 34.9. The van der Waals surface area contributed by atoms with Crippen molar-refractivity contribution in [3.63, 3.8) is 0 Å². The molecule has 1 atom stereocenters. The Morgan fingerprint density at radius 2 is 2.04 bits per heavy atom. The molecule has 0 aliphatic carbocycles. The molecule has 1 fully saturated rings. The van der Waals surface area contributed by atoms with E-state index >= 15 is 0 Å². The maximum absolute atomic E-state index is 12.7. The summed E-state index contributed by atoms with van der Waals surface area (Å²) >= 11 is 0. The molecule has 1 amide bonds. The third kappa shape index (κ3) is 3.40. The Labute approximate surface area is 156 Å². The molecule has 3 heterocycles. The van der Waals surface area contributed by atoms with Crippen LogP contribution in [0.5, 0.6) is 0 Å². The Morgan fingerprint density at radius 1 is 1.22 bits per heavy atom. The molecule has 1 unspecified atom stereocenters. The van der Waals surface area contributed by atoms with Crippen LogP contribution in [0.15, 0.2) is 48.9 Å². The quantitative estimate of drug-likeness (QED) is 0.663. The van der Waals surface area contributed by atoms with Crippen LogP contribution in [0.3, 0.4) is 0 Å². The molecule has 0 radical (unpaired) electrons. The van der Waals surface area contributed by atoms with Gasteiger partial charge in [0.25, 0.3) is 5.91 Å². The number of ether oxygens (including phenoxy) is 1. The van der Waals surface area contributed by atoms with Gasteiger partial charge in [-0.3, -0.25) is 9.59 Å². The van der Waals surface area contributed by atoms with Crippen molar-refractivity contribution in [1.29, 1.82) is 0 Å². The van der Waals surface area contributed by atoms with E-state index < -0.39 is 0 Å². The summed E-state index contributed by atoms with van der Waals surface area (Å²) in [5.41, 5.74) is 3.06. The highest BCUT2D eigenvalue weighted by atomic mass is 16.5. The molecule has 1 aliphatic rings. The number of benzene rings is 1. The number of fused-ring (bicyclic) bond motifs is 1. The Balaban J connectivity index is 1.52. The first-order valence-corrected chi connectivity index (χ1v) is 8.87. The lowest BCUT2D eigenvalue weighted by molar-refractivity contribution is -0.144. The number of carbonyl (C=O) groups excluding carboxylic acids is 2. The van der Waals surface area contributed by atoms with Gasteiger partial charge in [0.05, 0.1) is 31.5 Å². The van der Waals surface area contributed by atoms with Crippen molar-refractivity contribution in [3.8, 4) is 0 Å². The van der Waals surface area contributed by atoms with E-state index in [-0.39, 0.29) is 17.8 Å². The van der Waals surface area contributed by atoms with E-state index in [4.69, 9.17) is 4.74 Å². The van der Waals surface area contributed by atoms with Crippen molar-refractivity contribution >= 4 is 23.0 Å². The Hall–Kier alpha value is -3.22. The molecule has 1 saturated heterocycles. The molecule has 0 spiro atoms. The van der Waals surface area contributed by atoms with Crippen LogP contribution in [-0.2, 0) is 16.1 Å². The van der Waals surface area contributed by atoms with Gasteiger partial charge in [0.1, 0.15) is 5.52 Å². The van der Waals surface area contributed by atoms with Crippen LogP contribution < -0.4 is 0 Å². The lowest BCUT2D eigenvalue weighted by Crippen LogP contribution is -2.30. The maximum Gasteiger partial charge on any atom is 0.310 e. The first kappa shape index (κ1) is 17.2. The first-order valence-electron chi connectivity index (χ1n) is 8.87. The number of carbonyl (C=O) groups is 2. The zero-order valence-electron chi connectivity index (χ0n) is 15.0. The monoisotopic (exact) mass is 364 g/mol. The van der Waals surface area contributed by atoms with Crippen LogP contribution in [0.25, 0.3) is 11.2 Å². The molecule has 27 heavy (non-hydrogen) atoms. The third-order valence-electron chi connectivity index (χ3n) is 4.91. The van der Waals surface area contributed by atoms with Gasteiger partial charge in [0.15, 0.2) is 5.65 Å². The predicted molar refractivity (Wildman–Crippen MR) is 99.1 cm³/mol. The van der Waals surface area contributed by atoms with Crippen molar-refractivity contribution in [3.05, 3.63) is 60.0 Å². The molecule has 1 aromatic carbocycles. The fourth-order valence-corrected chi connectivity index (χ4v) is 3.45. The second kappa shape index (κ2) is 7.19. The minimum atomic E-state index is -0.265. The number of nitrogens with zero attached hydrogens (tertiary/aromatic N) is 4. The first-order chi connectivity index (χ1) is 13.2. The number of esters is 1. The second-order valence-electron chi connectivity index (χ2n) is 6.68. The molecule has 7 nitrogen and oxygen atoms in total. The maximum atomic E-state index is 12.7. The average molecular weight is 364 g/mol. The molecular weight excluding hydrogens is 344 g/mol. The largest absolute Gasteiger partial charge is 0.469 e. The number of amides is 1. The van der Waals surface area contributed by atoms with E-state index in [1.807, 2.05) is 22.8 Å². The molecule has 0 N–H and O–H groups in total. The normalized spacial score (nSPS) is 16.6. The highest BCUT2D eigenvalue weighted by Gasteiger charge is 2.32. The predicted octanol–water partition coefficient (Wildman–Crippen LogP) is 2.11. The van der Waals surface area contributed by atoms with E-state index in [1.54, 1.807) is 23.5 Å². The van der Waals surface area contributed by atoms with Crippen LogP contribution >= 0.6 is 0 Å². The smallest absolute Gasteiger partial charge is 0.310 e. The Morgan fingerprint density at radius 3 is 2.81 bits per heavy atom. The molecule has 4 rings (SSSR count). The van der Waals surface area contributed by atoms with Crippen LogP contribution in [0.1, 0.15) is 22.3 Å². The standard InChI is InChI=1S/C20H20N4O3/c1-27-20(26)15-7-8-23(12-15)19(25)16-9-17-18(21-10-16)24(13-22-17)11-14-5-3-2-4-6-14/h2-6,9-10,13,15H,7-8,11-12H2,1H3. The van der Waals surface area contributed by atoms with Crippen molar-refractivity contribution in [2.45, 2.75) is 13.0 Å². The second-order valence-corrected chi connectivity index (χ2v) is 6.68. The minimum Gasteiger partial charge on any atom is -0.469 e. The number of hydrogen-bond acceptors (Lipinski definition) is 5. The van der Waals surface area contributed by atoms with Crippen LogP contribution in [0, 0.1) is 5.92 Å². The number of hydrogen-bond donors (Lipinski definition) is 0. The molecule has 7 heteroatoms. The molecular formula is C20H20N4O3. The van der Waals surface area contributed by atoms with Gasteiger partial charge in [0, 0.05) is 19.3 Å². The SMILES string of the molecule is COC(=O)C1CCN(C(=O)c2cnc3c(c2)ncn3Cc2ccccc2)C1. The third-order valence-corrected chi connectivity index (χ3v) is 4.91. The lowest BCUT2D eigenvalue weighted by atomic mass is 10.1. The van der Waals surface area contributed by atoms with Crippen molar-refractivity contribution in [1.82, 2.24) is 19.4 Å². The number of imidazole rings is 1. The fourth-order valence-electron chi connectivity index (χ4n) is 3.45. The molecule has 0 saturated carbocycles. The van der Waals surface area contributed by atoms with Crippen molar-refractivity contribution in [2.24, 2.45) is 5.92 Å². The summed E-state index contributed by atoms with van der Waals surface area (Å²) in [6, 6.07) is 11.8. The van der Waals surface area contributed by atoms with Gasteiger partial charge in [-0.15, -0.1) is 0 Å². The number of aromatic nitrogens is 3. The molecule has 2 aromatic heterocycles. The summed E-state index contributed by atoms with van der Waals surface area (Å²) < 4.78 is 6.74. The molecule has 0 bridgehead atoms. The van der Waals surface area contributed by atoms with E-state index in [9.17, 15) is 9.59 Å². The zero-order valence-corrected chi connectivity index (χ0v) is 15.0. The highest BCUT2D eigenvalue weighted by Crippen LogP contribution is 2.21. The van der Waals surface area contributed by atoms with E-state index in [0.717, 1.165) is 11.2 Å². The van der Waals surface area contributed by atoms with Crippen LogP contribution in [-0.4, -0.2) is 51.5 Å². The summed E-state index contributed by atoms with van der Waals surface area (Å²) in [6.07, 6.45) is 3.95. The van der Waals surface area contributed by atoms with Crippen LogP contribution in [0.2, 0.25) is 0 Å². The number of methoxy groups -OCH3 is 1. The minimum absolute atomic E-state index is 0.131. The summed E-state index contributed by atoms with van der Waals surface area (Å²) in [5, 5.41) is 0. The Kier molecular flexibility index (Phi) is 4.58. The zero-order chi connectivity index (χ0) is 18.8. The van der Waals surface area contributed by atoms with Gasteiger partial charge in [-0.05, 0) is 18.1 Å². The van der Waals surface area contributed by atoms with Gasteiger partial charge < -0.3 is 14.2 Å². The van der Waals surface area contributed by atoms with Crippen molar-refractivity contribution < 1.29 is 14.3 Å². The molecule has 138 valence electrons. The van der Waals surface area contributed by atoms with Gasteiger partial charge in [0.2, 0.25) is 0 Å². The number of pyridine rings is 1. The highest BCUT2D eigenvalue weighted by molar-refractivity contribution is 5.96. The molecule has 1 aliphatic heterocycles. The van der Waals surface area contributed by atoms with Gasteiger partial charge >= 0.3 is 5.97 Å². The summed E-state index contributed by atoms with van der Waals surface area (Å²) in [6.45, 7) is 1.59. The number of rotatable bonds is 4. The Bertz CT molecular complexity index is 983. The fraction of sp³-hybridized carbons (Fsp3) is 0.300. The van der Waals surface area contributed by atoms with E-state index in [2.05, 4.69) is 22.1 Å². The topological polar surface area (TPSA) is 77.3 Å². The van der Waals surface area contributed by atoms with E-state index in [0.29, 0.717) is 37.1 Å². The lowest BCUT2D eigenvalue weighted by Gasteiger charge is -2.16.